The average Bonchev–Trinajstić information content (AvgIpc) is 2.64. The third-order valence-electron chi connectivity index (χ3n) is 2.04. The molecule has 1 N–H and O–H groups in total. The van der Waals surface area contributed by atoms with E-state index >= 15 is 0 Å². The first kappa shape index (κ1) is 10.8. The first-order chi connectivity index (χ1) is 7.56. The summed E-state index contributed by atoms with van der Waals surface area (Å²) in [5, 5.41) is 9.53. The molecular formula is C11H10N2O2S. The van der Waals surface area contributed by atoms with E-state index in [-0.39, 0.29) is 4.88 Å². The number of nitrogens with zero attached hydrogens (tertiary/aromatic N) is 2. The van der Waals surface area contributed by atoms with Gasteiger partial charge in [0.1, 0.15) is 9.88 Å². The highest BCUT2D eigenvalue weighted by molar-refractivity contribution is 7.16. The van der Waals surface area contributed by atoms with E-state index in [4.69, 9.17) is 5.11 Å². The molecule has 0 aromatic carbocycles. The summed E-state index contributed by atoms with van der Waals surface area (Å²) >= 11 is 1.17. The van der Waals surface area contributed by atoms with Gasteiger partial charge in [0.25, 0.3) is 0 Å². The van der Waals surface area contributed by atoms with Crippen molar-refractivity contribution in [2.24, 2.45) is 0 Å². The van der Waals surface area contributed by atoms with Gasteiger partial charge in [0.05, 0.1) is 6.20 Å². The number of pyridine rings is 1. The number of hydrogen-bond acceptors (Lipinski definition) is 4. The van der Waals surface area contributed by atoms with Gasteiger partial charge in [0.2, 0.25) is 0 Å². The Bertz CT molecular complexity index is 528. The van der Waals surface area contributed by atoms with Crippen molar-refractivity contribution in [3.63, 3.8) is 0 Å². The van der Waals surface area contributed by atoms with Crippen LogP contribution in [0.1, 0.15) is 21.1 Å². The average molecular weight is 234 g/mol. The number of carbonyl (C=O) groups is 1. The monoisotopic (exact) mass is 234 g/mol. The zero-order valence-corrected chi connectivity index (χ0v) is 9.71. The van der Waals surface area contributed by atoms with Crippen molar-refractivity contribution in [2.45, 2.75) is 13.8 Å². The number of carboxylic acids is 1. The van der Waals surface area contributed by atoms with Gasteiger partial charge in [-0.2, -0.15) is 0 Å². The predicted molar refractivity (Wildman–Crippen MR) is 61.8 cm³/mol. The molecule has 0 fully saturated rings. The van der Waals surface area contributed by atoms with E-state index < -0.39 is 5.97 Å². The van der Waals surface area contributed by atoms with Crippen LogP contribution >= 0.6 is 11.3 Å². The fraction of sp³-hybridized carbons (Fsp3) is 0.182. The first-order valence-electron chi connectivity index (χ1n) is 4.71. The van der Waals surface area contributed by atoms with Gasteiger partial charge in [-0.15, -0.1) is 11.3 Å². The van der Waals surface area contributed by atoms with Crippen LogP contribution in [-0.4, -0.2) is 21.0 Å². The molecule has 2 heterocycles. The molecule has 0 bridgehead atoms. The van der Waals surface area contributed by atoms with Crippen LogP contribution in [0.25, 0.3) is 10.6 Å². The van der Waals surface area contributed by atoms with Gasteiger partial charge in [0.15, 0.2) is 0 Å². The lowest BCUT2D eigenvalue weighted by Gasteiger charge is -2.00. The lowest BCUT2D eigenvalue weighted by atomic mass is 10.2. The Balaban J connectivity index is 2.46. The topological polar surface area (TPSA) is 63.1 Å². The minimum atomic E-state index is -0.939. The van der Waals surface area contributed by atoms with Crippen molar-refractivity contribution in [3.05, 3.63) is 34.6 Å². The largest absolute Gasteiger partial charge is 0.477 e. The Kier molecular flexibility index (Phi) is 2.70. The quantitative estimate of drug-likeness (QED) is 0.867. The maximum atomic E-state index is 10.7. The third-order valence-corrected chi connectivity index (χ3v) is 3.08. The van der Waals surface area contributed by atoms with Gasteiger partial charge in [-0.3, -0.25) is 4.98 Å². The Morgan fingerprint density at radius 2 is 1.94 bits per heavy atom. The van der Waals surface area contributed by atoms with Crippen LogP contribution < -0.4 is 0 Å². The summed E-state index contributed by atoms with van der Waals surface area (Å²) < 4.78 is 0. The molecular weight excluding hydrogens is 224 g/mol. The van der Waals surface area contributed by atoms with E-state index in [0.717, 1.165) is 17.0 Å². The second-order valence-electron chi connectivity index (χ2n) is 3.47. The number of aromatic nitrogens is 2. The SMILES string of the molecule is Cc1cc(-c2ncc(C(=O)O)s2)cc(C)n1. The van der Waals surface area contributed by atoms with Crippen molar-refractivity contribution in [1.82, 2.24) is 9.97 Å². The highest BCUT2D eigenvalue weighted by Crippen LogP contribution is 2.25. The van der Waals surface area contributed by atoms with Crippen LogP contribution in [0.3, 0.4) is 0 Å². The predicted octanol–water partition coefficient (Wildman–Crippen LogP) is 2.52. The van der Waals surface area contributed by atoms with Gasteiger partial charge in [0, 0.05) is 17.0 Å². The van der Waals surface area contributed by atoms with Crippen LogP contribution in [0.5, 0.6) is 0 Å². The standard InChI is InChI=1S/C11H10N2O2S/c1-6-3-8(4-7(2)13-6)10-12-5-9(16-10)11(14)15/h3-5H,1-2H3,(H,14,15). The van der Waals surface area contributed by atoms with Crippen LogP contribution in [-0.2, 0) is 0 Å². The molecule has 0 spiro atoms. The Morgan fingerprint density at radius 1 is 1.31 bits per heavy atom. The molecule has 0 saturated carbocycles. The molecule has 0 saturated heterocycles. The van der Waals surface area contributed by atoms with Crippen LogP contribution in [0.4, 0.5) is 0 Å². The van der Waals surface area contributed by atoms with Gasteiger partial charge in [-0.1, -0.05) is 0 Å². The number of thiazole rings is 1. The molecule has 2 aromatic rings. The molecule has 2 rings (SSSR count). The lowest BCUT2D eigenvalue weighted by molar-refractivity contribution is 0.0702. The smallest absolute Gasteiger partial charge is 0.347 e. The molecule has 4 nitrogen and oxygen atoms in total. The third kappa shape index (κ3) is 2.09. The second kappa shape index (κ2) is 4.02. The minimum absolute atomic E-state index is 0.252. The van der Waals surface area contributed by atoms with E-state index in [0.29, 0.717) is 5.01 Å². The van der Waals surface area contributed by atoms with Crippen molar-refractivity contribution in [1.29, 1.82) is 0 Å². The van der Waals surface area contributed by atoms with Gasteiger partial charge < -0.3 is 5.11 Å². The fourth-order valence-electron chi connectivity index (χ4n) is 1.46. The fourth-order valence-corrected chi connectivity index (χ4v) is 2.21. The summed E-state index contributed by atoms with van der Waals surface area (Å²) in [6.45, 7) is 3.81. The van der Waals surface area contributed by atoms with E-state index in [1.165, 1.54) is 17.5 Å². The lowest BCUT2D eigenvalue weighted by Crippen LogP contribution is -1.89. The number of carboxylic acid groups (broad SMARTS) is 1. The summed E-state index contributed by atoms with van der Waals surface area (Å²) in [7, 11) is 0. The number of aromatic carboxylic acids is 1. The molecule has 5 heteroatoms. The molecule has 0 atom stereocenters. The van der Waals surface area contributed by atoms with Gasteiger partial charge in [-0.25, -0.2) is 9.78 Å². The normalized spacial score (nSPS) is 10.4. The highest BCUT2D eigenvalue weighted by Gasteiger charge is 2.10. The van der Waals surface area contributed by atoms with Crippen molar-refractivity contribution in [2.75, 3.05) is 0 Å². The molecule has 16 heavy (non-hydrogen) atoms. The molecule has 82 valence electrons. The zero-order valence-electron chi connectivity index (χ0n) is 8.89. The number of rotatable bonds is 2. The van der Waals surface area contributed by atoms with Gasteiger partial charge in [-0.05, 0) is 26.0 Å². The number of hydrogen-bond donors (Lipinski definition) is 1. The maximum Gasteiger partial charge on any atom is 0.347 e. The van der Waals surface area contributed by atoms with E-state index in [9.17, 15) is 4.79 Å². The summed E-state index contributed by atoms with van der Waals surface area (Å²) in [5.74, 6) is -0.939. The van der Waals surface area contributed by atoms with Crippen LogP contribution in [0, 0.1) is 13.8 Å². The van der Waals surface area contributed by atoms with Gasteiger partial charge >= 0.3 is 5.97 Å². The van der Waals surface area contributed by atoms with Crippen LogP contribution in [0.15, 0.2) is 18.3 Å². The first-order valence-corrected chi connectivity index (χ1v) is 5.52. The highest BCUT2D eigenvalue weighted by atomic mass is 32.1. The molecule has 0 aliphatic heterocycles. The van der Waals surface area contributed by atoms with E-state index in [1.54, 1.807) is 0 Å². The zero-order chi connectivity index (χ0) is 11.7. The molecule has 0 aliphatic rings. The maximum absolute atomic E-state index is 10.7. The molecule has 0 unspecified atom stereocenters. The summed E-state index contributed by atoms with van der Waals surface area (Å²) in [5.41, 5.74) is 2.73. The molecule has 0 aliphatic carbocycles. The minimum Gasteiger partial charge on any atom is -0.477 e. The van der Waals surface area contributed by atoms with E-state index in [2.05, 4.69) is 9.97 Å². The van der Waals surface area contributed by atoms with Crippen LogP contribution in [0.2, 0.25) is 0 Å². The van der Waals surface area contributed by atoms with Crippen molar-refractivity contribution >= 4 is 17.3 Å². The molecule has 2 aromatic heterocycles. The van der Waals surface area contributed by atoms with E-state index in [1.807, 2.05) is 26.0 Å². The summed E-state index contributed by atoms with van der Waals surface area (Å²) in [6.07, 6.45) is 1.38. The Hall–Kier alpha value is -1.75. The summed E-state index contributed by atoms with van der Waals surface area (Å²) in [4.78, 5) is 19.4. The summed E-state index contributed by atoms with van der Waals surface area (Å²) in [6, 6.07) is 3.80. The Morgan fingerprint density at radius 3 is 2.44 bits per heavy atom. The Labute approximate surface area is 96.6 Å². The van der Waals surface area contributed by atoms with Crippen molar-refractivity contribution < 1.29 is 9.90 Å². The second-order valence-corrected chi connectivity index (χ2v) is 4.50. The number of aryl methyl sites for hydroxylation is 2. The molecule has 0 radical (unpaired) electrons. The van der Waals surface area contributed by atoms with Crippen molar-refractivity contribution in [3.8, 4) is 10.6 Å². The molecule has 0 amide bonds.